The molecular weight excluding hydrogens is 172 g/mol. The lowest BCUT2D eigenvalue weighted by atomic mass is 9.71. The van der Waals surface area contributed by atoms with Gasteiger partial charge in [-0.15, -0.1) is 11.6 Å². The van der Waals surface area contributed by atoms with E-state index in [1.807, 2.05) is 20.8 Å². The van der Waals surface area contributed by atoms with Crippen molar-refractivity contribution < 1.29 is 4.79 Å². The van der Waals surface area contributed by atoms with Crippen molar-refractivity contribution in [3.63, 3.8) is 0 Å². The average Bonchev–Trinajstić information content (AvgIpc) is 1.93. The van der Waals surface area contributed by atoms with E-state index in [1.165, 1.54) is 0 Å². The number of rotatable bonds is 0. The molecule has 1 unspecified atom stereocenters. The molecule has 0 aromatic carbocycles. The van der Waals surface area contributed by atoms with Crippen molar-refractivity contribution in [2.75, 3.05) is 0 Å². The fourth-order valence-electron chi connectivity index (χ4n) is 1.78. The van der Waals surface area contributed by atoms with E-state index >= 15 is 0 Å². The van der Waals surface area contributed by atoms with E-state index in [9.17, 15) is 4.79 Å². The molecule has 0 spiro atoms. The Labute approximate surface area is 79.5 Å². The van der Waals surface area contributed by atoms with Crippen LogP contribution < -0.4 is 0 Å². The summed E-state index contributed by atoms with van der Waals surface area (Å²) < 4.78 is 0. The second-order valence-corrected chi connectivity index (χ2v) is 5.33. The van der Waals surface area contributed by atoms with Gasteiger partial charge in [0.15, 0.2) is 5.78 Å². The highest BCUT2D eigenvalue weighted by molar-refractivity contribution is 6.36. The number of carbonyl (C=O) groups is 1. The van der Waals surface area contributed by atoms with Gasteiger partial charge in [0, 0.05) is 6.42 Å². The van der Waals surface area contributed by atoms with Crippen molar-refractivity contribution in [3.05, 3.63) is 0 Å². The van der Waals surface area contributed by atoms with Crippen molar-refractivity contribution in [1.29, 1.82) is 0 Å². The van der Waals surface area contributed by atoms with Gasteiger partial charge < -0.3 is 0 Å². The Kier molecular flexibility index (Phi) is 2.53. The highest BCUT2D eigenvalue weighted by Gasteiger charge is 2.47. The Morgan fingerprint density at radius 2 is 1.92 bits per heavy atom. The third kappa shape index (κ3) is 1.52. The Bertz CT molecular complexity index is 193. The summed E-state index contributed by atoms with van der Waals surface area (Å²) in [7, 11) is 0. The summed E-state index contributed by atoms with van der Waals surface area (Å²) in [5, 5.41) is 0. The van der Waals surface area contributed by atoms with E-state index in [0.717, 1.165) is 19.3 Å². The van der Waals surface area contributed by atoms with Crippen molar-refractivity contribution in [2.45, 2.75) is 51.3 Å². The summed E-state index contributed by atoms with van der Waals surface area (Å²) in [5.41, 5.74) is -0.105. The number of Topliss-reactive ketones (excluding diaryl/α,β-unsaturated/α-hetero) is 1. The summed E-state index contributed by atoms with van der Waals surface area (Å²) in [6.07, 6.45) is 3.62. The van der Waals surface area contributed by atoms with E-state index in [0.29, 0.717) is 6.42 Å². The molecule has 0 heterocycles. The first kappa shape index (κ1) is 10.0. The summed E-state index contributed by atoms with van der Waals surface area (Å²) >= 11 is 6.35. The largest absolute Gasteiger partial charge is 0.298 e. The van der Waals surface area contributed by atoms with Crippen molar-refractivity contribution in [3.8, 4) is 0 Å². The Hall–Kier alpha value is -0.0400. The van der Waals surface area contributed by atoms with Crippen LogP contribution in [0.25, 0.3) is 0 Å². The van der Waals surface area contributed by atoms with Gasteiger partial charge in [-0.2, -0.15) is 0 Å². The van der Waals surface area contributed by atoms with Gasteiger partial charge >= 0.3 is 0 Å². The van der Waals surface area contributed by atoms with Crippen LogP contribution in [-0.4, -0.2) is 10.7 Å². The zero-order valence-electron chi connectivity index (χ0n) is 8.11. The fraction of sp³-hybridized carbons (Fsp3) is 0.900. The monoisotopic (exact) mass is 188 g/mol. The van der Waals surface area contributed by atoms with Crippen LogP contribution in [0, 0.1) is 5.41 Å². The molecule has 1 saturated carbocycles. The minimum absolute atomic E-state index is 0.105. The maximum atomic E-state index is 11.6. The third-order valence-electron chi connectivity index (χ3n) is 2.81. The lowest BCUT2D eigenvalue weighted by Crippen LogP contribution is -2.46. The molecule has 0 N–H and O–H groups in total. The molecule has 0 aromatic heterocycles. The Balaban J connectivity index is 2.87. The van der Waals surface area contributed by atoms with Gasteiger partial charge in [-0.25, -0.2) is 0 Å². The van der Waals surface area contributed by atoms with Crippen LogP contribution in [0.2, 0.25) is 0 Å². The molecule has 0 amide bonds. The van der Waals surface area contributed by atoms with Crippen LogP contribution in [-0.2, 0) is 4.79 Å². The standard InChI is InChI=1S/C10H17ClO/c1-9(2,3)10(11)7-5-4-6-8(10)12/h4-7H2,1-3H3. The number of hydrogen-bond donors (Lipinski definition) is 0. The van der Waals surface area contributed by atoms with Gasteiger partial charge in [-0.05, 0) is 18.3 Å². The molecule has 0 saturated heterocycles. The van der Waals surface area contributed by atoms with E-state index in [2.05, 4.69) is 0 Å². The molecule has 1 nitrogen and oxygen atoms in total. The normalized spacial score (nSPS) is 32.2. The van der Waals surface area contributed by atoms with E-state index in [1.54, 1.807) is 0 Å². The first-order valence-corrected chi connectivity index (χ1v) is 4.98. The quantitative estimate of drug-likeness (QED) is 0.534. The molecule has 0 aliphatic heterocycles. The second kappa shape index (κ2) is 3.02. The fourth-order valence-corrected chi connectivity index (χ4v) is 2.01. The molecule has 1 aliphatic rings. The predicted molar refractivity (Wildman–Crippen MR) is 51.5 cm³/mol. The molecule has 2 heteroatoms. The van der Waals surface area contributed by atoms with Crippen LogP contribution in [0.15, 0.2) is 0 Å². The van der Waals surface area contributed by atoms with Gasteiger partial charge in [-0.1, -0.05) is 27.2 Å². The molecule has 1 atom stereocenters. The zero-order valence-corrected chi connectivity index (χ0v) is 8.87. The number of ketones is 1. The molecular formula is C10H17ClO. The minimum atomic E-state index is -0.592. The SMILES string of the molecule is CC(C)(C)C1(Cl)CCCCC1=O. The molecule has 0 radical (unpaired) electrons. The maximum Gasteiger partial charge on any atom is 0.154 e. The highest BCUT2D eigenvalue weighted by atomic mass is 35.5. The van der Waals surface area contributed by atoms with Crippen LogP contribution in [0.5, 0.6) is 0 Å². The predicted octanol–water partition coefficient (Wildman–Crippen LogP) is 3.15. The van der Waals surface area contributed by atoms with Gasteiger partial charge in [0.05, 0.1) is 0 Å². The molecule has 1 rings (SSSR count). The van der Waals surface area contributed by atoms with E-state index in [4.69, 9.17) is 11.6 Å². The Morgan fingerprint density at radius 1 is 1.33 bits per heavy atom. The number of carbonyl (C=O) groups excluding carboxylic acids is 1. The lowest BCUT2D eigenvalue weighted by molar-refractivity contribution is -0.126. The van der Waals surface area contributed by atoms with Gasteiger partial charge in [0.2, 0.25) is 0 Å². The molecule has 1 aliphatic carbocycles. The first-order chi connectivity index (χ1) is 5.38. The van der Waals surface area contributed by atoms with Crippen LogP contribution in [0.4, 0.5) is 0 Å². The molecule has 12 heavy (non-hydrogen) atoms. The summed E-state index contributed by atoms with van der Waals surface area (Å²) in [4.78, 5) is 11.0. The number of halogens is 1. The van der Waals surface area contributed by atoms with Crippen molar-refractivity contribution in [2.24, 2.45) is 5.41 Å². The van der Waals surface area contributed by atoms with Crippen molar-refractivity contribution >= 4 is 17.4 Å². The zero-order chi connectivity index (χ0) is 9.41. The average molecular weight is 189 g/mol. The number of alkyl halides is 1. The van der Waals surface area contributed by atoms with Gasteiger partial charge in [0.25, 0.3) is 0 Å². The Morgan fingerprint density at radius 3 is 2.25 bits per heavy atom. The molecule has 1 fully saturated rings. The molecule has 0 bridgehead atoms. The molecule has 0 aromatic rings. The van der Waals surface area contributed by atoms with E-state index < -0.39 is 4.87 Å². The maximum absolute atomic E-state index is 11.6. The van der Waals surface area contributed by atoms with Crippen LogP contribution in [0.3, 0.4) is 0 Å². The van der Waals surface area contributed by atoms with E-state index in [-0.39, 0.29) is 11.2 Å². The summed E-state index contributed by atoms with van der Waals surface area (Å²) in [6, 6.07) is 0. The summed E-state index contributed by atoms with van der Waals surface area (Å²) in [5.74, 6) is 0.239. The van der Waals surface area contributed by atoms with Crippen molar-refractivity contribution in [1.82, 2.24) is 0 Å². The first-order valence-electron chi connectivity index (χ1n) is 4.60. The third-order valence-corrected chi connectivity index (χ3v) is 3.77. The topological polar surface area (TPSA) is 17.1 Å². The summed E-state index contributed by atoms with van der Waals surface area (Å²) in [6.45, 7) is 6.13. The molecule has 70 valence electrons. The van der Waals surface area contributed by atoms with Gasteiger partial charge in [-0.3, -0.25) is 4.79 Å². The number of hydrogen-bond acceptors (Lipinski definition) is 1. The minimum Gasteiger partial charge on any atom is -0.298 e. The van der Waals surface area contributed by atoms with Crippen LogP contribution in [0.1, 0.15) is 46.5 Å². The lowest BCUT2D eigenvalue weighted by Gasteiger charge is -2.40. The van der Waals surface area contributed by atoms with Gasteiger partial charge in [0.1, 0.15) is 4.87 Å². The van der Waals surface area contributed by atoms with Crippen LogP contribution >= 0.6 is 11.6 Å². The highest BCUT2D eigenvalue weighted by Crippen LogP contribution is 2.44. The smallest absolute Gasteiger partial charge is 0.154 e. The second-order valence-electron chi connectivity index (χ2n) is 4.68.